The van der Waals surface area contributed by atoms with Gasteiger partial charge in [0.1, 0.15) is 4.90 Å². The lowest BCUT2D eigenvalue weighted by molar-refractivity contribution is 0.601. The molecule has 0 amide bonds. The minimum absolute atomic E-state index is 0.355. The summed E-state index contributed by atoms with van der Waals surface area (Å²) in [7, 11) is -1.70. The van der Waals surface area contributed by atoms with Crippen LogP contribution in [0.15, 0.2) is 11.0 Å². The maximum absolute atomic E-state index is 12.5. The summed E-state index contributed by atoms with van der Waals surface area (Å²) in [5.41, 5.74) is 1.05. The van der Waals surface area contributed by atoms with Gasteiger partial charge in [-0.05, 0) is 39.3 Å². The monoisotopic (exact) mass is 343 g/mol. The van der Waals surface area contributed by atoms with Crippen molar-refractivity contribution in [1.82, 2.24) is 10.3 Å². The van der Waals surface area contributed by atoms with Crippen LogP contribution in [0.5, 0.6) is 0 Å². The largest absolute Gasteiger partial charge is 0.315 e. The summed E-state index contributed by atoms with van der Waals surface area (Å²) in [6.07, 6.45) is 3.09. The molecule has 0 bridgehead atoms. The van der Waals surface area contributed by atoms with E-state index in [9.17, 15) is 8.42 Å². The molecule has 21 heavy (non-hydrogen) atoms. The average molecular weight is 343 g/mol. The van der Waals surface area contributed by atoms with Crippen molar-refractivity contribution in [2.24, 2.45) is 0 Å². The summed E-state index contributed by atoms with van der Waals surface area (Å²) < 4.78 is 27.6. The topological polar surface area (TPSA) is 71.1 Å². The molecule has 114 valence electrons. The normalized spacial score (nSPS) is 14.4. The molecule has 0 atom stereocenters. The smallest absolute Gasteiger partial charge is 0.264 e. The van der Waals surface area contributed by atoms with Crippen LogP contribution in [0.25, 0.3) is 0 Å². The lowest BCUT2D eigenvalue weighted by atomic mass is 10.4. The second-order valence-corrected chi connectivity index (χ2v) is 9.09. The van der Waals surface area contributed by atoms with Crippen LogP contribution < -0.4 is 10.0 Å². The molecule has 0 saturated heterocycles. The first-order valence-electron chi connectivity index (χ1n) is 6.75. The Kier molecular flexibility index (Phi) is 4.04. The first kappa shape index (κ1) is 15.0. The number of nitrogens with zero attached hydrogens (tertiary/aromatic N) is 1. The first-order chi connectivity index (χ1) is 9.99. The fourth-order valence-corrected chi connectivity index (χ4v) is 6.39. The zero-order valence-electron chi connectivity index (χ0n) is 11.9. The maximum atomic E-state index is 12.5. The highest BCUT2D eigenvalue weighted by molar-refractivity contribution is 7.93. The number of hydrogen-bond acceptors (Lipinski definition) is 6. The van der Waals surface area contributed by atoms with Gasteiger partial charge in [-0.3, -0.25) is 4.72 Å². The number of rotatable bonds is 5. The lowest BCUT2D eigenvalue weighted by Gasteiger charge is -2.04. The van der Waals surface area contributed by atoms with Crippen molar-refractivity contribution in [2.45, 2.75) is 37.6 Å². The second-order valence-electron chi connectivity index (χ2n) is 5.01. The van der Waals surface area contributed by atoms with E-state index in [1.165, 1.54) is 27.6 Å². The number of sulfonamides is 1. The molecule has 3 rings (SSSR count). The second kappa shape index (κ2) is 5.68. The Bertz CT molecular complexity index is 740. The third-order valence-corrected chi connectivity index (χ3v) is 7.23. The predicted octanol–water partition coefficient (Wildman–Crippen LogP) is 2.52. The van der Waals surface area contributed by atoms with Crippen molar-refractivity contribution in [3.05, 3.63) is 26.4 Å². The molecule has 1 aliphatic carbocycles. The zero-order chi connectivity index (χ0) is 15.0. The van der Waals surface area contributed by atoms with Gasteiger partial charge < -0.3 is 5.32 Å². The third kappa shape index (κ3) is 2.98. The Labute approximate surface area is 132 Å². The van der Waals surface area contributed by atoms with Crippen LogP contribution in [0, 0.1) is 6.92 Å². The summed E-state index contributed by atoms with van der Waals surface area (Å²) in [5.74, 6) is 0. The summed E-state index contributed by atoms with van der Waals surface area (Å²) in [4.78, 5) is 7.78. The number of hydrogen-bond donors (Lipinski definition) is 2. The van der Waals surface area contributed by atoms with E-state index in [1.54, 1.807) is 6.07 Å². The number of fused-ring (bicyclic) bond motifs is 1. The summed E-state index contributed by atoms with van der Waals surface area (Å²) in [6, 6.07) is 1.74. The van der Waals surface area contributed by atoms with Gasteiger partial charge in [-0.1, -0.05) is 0 Å². The molecule has 2 aromatic heterocycles. The lowest BCUT2D eigenvalue weighted by Crippen LogP contribution is -2.13. The third-order valence-electron chi connectivity index (χ3n) is 3.38. The molecule has 5 nitrogen and oxygen atoms in total. The number of aromatic nitrogens is 1. The van der Waals surface area contributed by atoms with Crippen molar-refractivity contribution in [1.29, 1.82) is 0 Å². The minimum Gasteiger partial charge on any atom is -0.315 e. The number of nitrogens with one attached hydrogen (secondary N) is 2. The van der Waals surface area contributed by atoms with Crippen LogP contribution in [0.1, 0.15) is 26.7 Å². The van der Waals surface area contributed by atoms with Crippen molar-refractivity contribution < 1.29 is 8.42 Å². The van der Waals surface area contributed by atoms with Crippen molar-refractivity contribution in [2.75, 3.05) is 11.8 Å². The van der Waals surface area contributed by atoms with Gasteiger partial charge in [0.25, 0.3) is 10.0 Å². The molecule has 2 N–H and O–H groups in total. The quantitative estimate of drug-likeness (QED) is 0.875. The van der Waals surface area contributed by atoms with Gasteiger partial charge in [-0.25, -0.2) is 13.4 Å². The molecule has 0 aliphatic heterocycles. The number of aryl methyl sites for hydroxylation is 3. The minimum atomic E-state index is -3.55. The van der Waals surface area contributed by atoms with E-state index < -0.39 is 10.0 Å². The van der Waals surface area contributed by atoms with Crippen LogP contribution in [0.2, 0.25) is 0 Å². The Balaban J connectivity index is 1.86. The van der Waals surface area contributed by atoms with Gasteiger partial charge in [0.05, 0.1) is 5.69 Å². The van der Waals surface area contributed by atoms with Gasteiger partial charge in [-0.15, -0.1) is 22.7 Å². The molecule has 2 heterocycles. The van der Waals surface area contributed by atoms with Crippen LogP contribution in [-0.2, 0) is 29.4 Å². The van der Waals surface area contributed by atoms with Gasteiger partial charge in [-0.2, -0.15) is 0 Å². The van der Waals surface area contributed by atoms with Crippen LogP contribution >= 0.6 is 22.7 Å². The zero-order valence-corrected chi connectivity index (χ0v) is 14.3. The Morgan fingerprint density at radius 3 is 2.86 bits per heavy atom. The molecule has 0 radical (unpaired) electrons. The summed E-state index contributed by atoms with van der Waals surface area (Å²) in [5, 5.41) is 3.52. The highest BCUT2D eigenvalue weighted by atomic mass is 32.2. The summed E-state index contributed by atoms with van der Waals surface area (Å²) in [6.45, 7) is 2.51. The molecule has 1 aliphatic rings. The fourth-order valence-electron chi connectivity index (χ4n) is 2.46. The first-order valence-corrected chi connectivity index (χ1v) is 9.86. The fraction of sp³-hybridized carbons (Fsp3) is 0.462. The van der Waals surface area contributed by atoms with E-state index >= 15 is 0 Å². The van der Waals surface area contributed by atoms with E-state index in [0.29, 0.717) is 16.6 Å². The standard InChI is InChI=1S/C13H17N3O2S3/c1-8-12(6-9(19-8)7-14-2)21(17,18)16-13-15-10-4-3-5-11(10)20-13/h6,14H,3-5,7H2,1-2H3,(H,15,16). The molecule has 8 heteroatoms. The van der Waals surface area contributed by atoms with Gasteiger partial charge in [0.15, 0.2) is 5.13 Å². The maximum Gasteiger partial charge on any atom is 0.264 e. The molecule has 0 fully saturated rings. The van der Waals surface area contributed by atoms with Gasteiger partial charge >= 0.3 is 0 Å². The van der Waals surface area contributed by atoms with Crippen molar-refractivity contribution in [3.8, 4) is 0 Å². The molecule has 0 unspecified atom stereocenters. The van der Waals surface area contributed by atoms with Crippen LogP contribution in [-0.4, -0.2) is 20.4 Å². The molecule has 0 aromatic carbocycles. The van der Waals surface area contributed by atoms with Crippen molar-refractivity contribution >= 4 is 37.8 Å². The van der Waals surface area contributed by atoms with Gasteiger partial charge in [0, 0.05) is 21.2 Å². The Morgan fingerprint density at radius 2 is 2.14 bits per heavy atom. The highest BCUT2D eigenvalue weighted by Crippen LogP contribution is 2.33. The van der Waals surface area contributed by atoms with E-state index in [1.807, 2.05) is 14.0 Å². The molecule has 0 spiro atoms. The van der Waals surface area contributed by atoms with E-state index in [0.717, 1.165) is 34.7 Å². The Morgan fingerprint density at radius 1 is 1.33 bits per heavy atom. The molecule has 0 saturated carbocycles. The average Bonchev–Trinajstić information content (AvgIpc) is 3.04. The SMILES string of the molecule is CNCc1cc(S(=O)(=O)Nc2nc3c(s2)CCC3)c(C)s1. The Hall–Kier alpha value is -0.960. The molecular formula is C13H17N3O2S3. The van der Waals surface area contributed by atoms with Crippen LogP contribution in [0.3, 0.4) is 0 Å². The molecular weight excluding hydrogens is 326 g/mol. The van der Waals surface area contributed by atoms with E-state index in [2.05, 4.69) is 15.0 Å². The number of anilines is 1. The number of thiazole rings is 1. The predicted molar refractivity (Wildman–Crippen MR) is 86.8 cm³/mol. The summed E-state index contributed by atoms with van der Waals surface area (Å²) >= 11 is 2.96. The van der Waals surface area contributed by atoms with Crippen molar-refractivity contribution in [3.63, 3.8) is 0 Å². The van der Waals surface area contributed by atoms with Crippen LogP contribution in [0.4, 0.5) is 5.13 Å². The van der Waals surface area contributed by atoms with E-state index in [-0.39, 0.29) is 0 Å². The van der Waals surface area contributed by atoms with E-state index in [4.69, 9.17) is 0 Å². The van der Waals surface area contributed by atoms with Gasteiger partial charge in [0.2, 0.25) is 0 Å². The number of thiophene rings is 1. The highest BCUT2D eigenvalue weighted by Gasteiger charge is 2.23. The molecule has 2 aromatic rings.